The van der Waals surface area contributed by atoms with Gasteiger partial charge in [0.1, 0.15) is 0 Å². The Morgan fingerprint density at radius 3 is 2.86 bits per heavy atom. The molecule has 0 fully saturated rings. The van der Waals surface area contributed by atoms with Gasteiger partial charge in [0.25, 0.3) is 0 Å². The summed E-state index contributed by atoms with van der Waals surface area (Å²) in [6.45, 7) is 0. The Morgan fingerprint density at radius 2 is 2.14 bits per heavy atom. The number of benzene rings is 1. The lowest BCUT2D eigenvalue weighted by molar-refractivity contribution is 1.23. The smallest absolute Gasteiger partial charge is 0.0998 e. The lowest BCUT2D eigenvalue weighted by atomic mass is 10.1. The van der Waals surface area contributed by atoms with Gasteiger partial charge >= 0.3 is 0 Å². The number of rotatable bonds is 1. The van der Waals surface area contributed by atoms with Gasteiger partial charge in [-0.15, -0.1) is 0 Å². The number of pyridine rings is 1. The Bertz CT molecular complexity index is 514. The van der Waals surface area contributed by atoms with E-state index < -0.39 is 0 Å². The van der Waals surface area contributed by atoms with Crippen LogP contribution in [0.4, 0.5) is 0 Å². The molecule has 1 aromatic heterocycles. The van der Waals surface area contributed by atoms with Crippen molar-refractivity contribution >= 4 is 26.8 Å². The topological polar surface area (TPSA) is 36.7 Å². The van der Waals surface area contributed by atoms with E-state index in [0.717, 1.165) is 21.9 Å². The van der Waals surface area contributed by atoms with E-state index in [1.807, 2.05) is 24.3 Å². The molecule has 14 heavy (non-hydrogen) atoms. The predicted octanol–water partition coefficient (Wildman–Crippen LogP) is 3.00. The summed E-state index contributed by atoms with van der Waals surface area (Å²) >= 11 is 3.35. The van der Waals surface area contributed by atoms with Crippen molar-refractivity contribution in [3.8, 4) is 6.07 Å². The van der Waals surface area contributed by atoms with Crippen LogP contribution in [-0.4, -0.2) is 4.98 Å². The van der Waals surface area contributed by atoms with Crippen molar-refractivity contribution in [2.24, 2.45) is 0 Å². The third-order valence-electron chi connectivity index (χ3n) is 2.05. The first-order valence-electron chi connectivity index (χ1n) is 4.20. The van der Waals surface area contributed by atoms with Crippen LogP contribution < -0.4 is 0 Å². The minimum atomic E-state index is 0.677. The number of alkyl halides is 1. The SMILES string of the molecule is N#Cc1cccc2nc(CBr)ccc12. The van der Waals surface area contributed by atoms with Crippen LogP contribution in [0.2, 0.25) is 0 Å². The summed E-state index contributed by atoms with van der Waals surface area (Å²) in [4.78, 5) is 4.40. The Kier molecular flexibility index (Phi) is 2.47. The van der Waals surface area contributed by atoms with Crippen molar-refractivity contribution in [1.29, 1.82) is 5.26 Å². The minimum absolute atomic E-state index is 0.677. The third kappa shape index (κ3) is 1.49. The molecule has 0 saturated carbocycles. The van der Waals surface area contributed by atoms with Crippen molar-refractivity contribution in [2.45, 2.75) is 5.33 Å². The number of nitrogens with zero attached hydrogens (tertiary/aromatic N) is 2. The zero-order valence-electron chi connectivity index (χ0n) is 7.37. The van der Waals surface area contributed by atoms with Crippen molar-refractivity contribution in [2.75, 3.05) is 0 Å². The second kappa shape index (κ2) is 3.77. The van der Waals surface area contributed by atoms with E-state index in [0.29, 0.717) is 5.56 Å². The largest absolute Gasteiger partial charge is 0.252 e. The van der Waals surface area contributed by atoms with Gasteiger partial charge < -0.3 is 0 Å². The maximum Gasteiger partial charge on any atom is 0.0998 e. The van der Waals surface area contributed by atoms with Crippen LogP contribution >= 0.6 is 15.9 Å². The quantitative estimate of drug-likeness (QED) is 0.726. The maximum atomic E-state index is 8.88. The number of nitriles is 1. The fraction of sp³-hybridized carbons (Fsp3) is 0.0909. The molecule has 1 aromatic carbocycles. The van der Waals surface area contributed by atoms with Crippen LogP contribution in [-0.2, 0) is 5.33 Å². The van der Waals surface area contributed by atoms with E-state index in [4.69, 9.17) is 5.26 Å². The van der Waals surface area contributed by atoms with Crippen LogP contribution in [0.15, 0.2) is 30.3 Å². The maximum absolute atomic E-state index is 8.88. The van der Waals surface area contributed by atoms with Gasteiger partial charge in [0, 0.05) is 10.7 Å². The summed E-state index contributed by atoms with van der Waals surface area (Å²) < 4.78 is 0. The molecule has 0 amide bonds. The summed E-state index contributed by atoms with van der Waals surface area (Å²) in [7, 11) is 0. The number of aromatic nitrogens is 1. The molecule has 0 spiro atoms. The Balaban J connectivity index is 2.75. The molecular formula is C11H7BrN2. The summed E-state index contributed by atoms with van der Waals surface area (Å²) in [5.41, 5.74) is 2.53. The van der Waals surface area contributed by atoms with E-state index in [1.54, 1.807) is 6.07 Å². The number of hydrogen-bond donors (Lipinski definition) is 0. The normalized spacial score (nSPS) is 10.0. The highest BCUT2D eigenvalue weighted by molar-refractivity contribution is 9.08. The monoisotopic (exact) mass is 246 g/mol. The lowest BCUT2D eigenvalue weighted by Crippen LogP contribution is -1.87. The van der Waals surface area contributed by atoms with Crippen LogP contribution in [0.25, 0.3) is 10.9 Å². The molecule has 2 rings (SSSR count). The minimum Gasteiger partial charge on any atom is -0.252 e. The lowest BCUT2D eigenvalue weighted by Gasteiger charge is -2.00. The van der Waals surface area contributed by atoms with Crippen LogP contribution in [0.3, 0.4) is 0 Å². The average molecular weight is 247 g/mol. The van der Waals surface area contributed by atoms with Gasteiger partial charge in [-0.3, -0.25) is 4.98 Å². The van der Waals surface area contributed by atoms with Crippen molar-refractivity contribution in [3.63, 3.8) is 0 Å². The van der Waals surface area contributed by atoms with Crippen LogP contribution in [0.5, 0.6) is 0 Å². The molecule has 0 radical (unpaired) electrons. The summed E-state index contributed by atoms with van der Waals surface area (Å²) in [5, 5.41) is 10.5. The number of hydrogen-bond acceptors (Lipinski definition) is 2. The van der Waals surface area contributed by atoms with Gasteiger partial charge in [-0.25, -0.2) is 0 Å². The molecule has 0 unspecified atom stereocenters. The highest BCUT2D eigenvalue weighted by atomic mass is 79.9. The van der Waals surface area contributed by atoms with Gasteiger partial charge in [0.2, 0.25) is 0 Å². The van der Waals surface area contributed by atoms with E-state index in [2.05, 4.69) is 27.0 Å². The molecule has 0 atom stereocenters. The van der Waals surface area contributed by atoms with Gasteiger partial charge in [-0.1, -0.05) is 22.0 Å². The summed E-state index contributed by atoms with van der Waals surface area (Å²) in [6.07, 6.45) is 0. The molecule has 0 bridgehead atoms. The van der Waals surface area contributed by atoms with E-state index in [9.17, 15) is 0 Å². The molecule has 0 aliphatic rings. The number of fused-ring (bicyclic) bond motifs is 1. The zero-order chi connectivity index (χ0) is 9.97. The Labute approximate surface area is 90.3 Å². The molecule has 2 nitrogen and oxygen atoms in total. The first-order valence-corrected chi connectivity index (χ1v) is 5.32. The first kappa shape index (κ1) is 9.17. The number of halogens is 1. The van der Waals surface area contributed by atoms with Gasteiger partial charge in [0.15, 0.2) is 0 Å². The van der Waals surface area contributed by atoms with Crippen LogP contribution in [0.1, 0.15) is 11.3 Å². The van der Waals surface area contributed by atoms with E-state index in [1.165, 1.54) is 0 Å². The second-order valence-corrected chi connectivity index (χ2v) is 3.48. The zero-order valence-corrected chi connectivity index (χ0v) is 8.95. The van der Waals surface area contributed by atoms with Crippen molar-refractivity contribution in [1.82, 2.24) is 4.98 Å². The van der Waals surface area contributed by atoms with Gasteiger partial charge in [-0.2, -0.15) is 5.26 Å². The highest BCUT2D eigenvalue weighted by Crippen LogP contribution is 2.17. The van der Waals surface area contributed by atoms with E-state index in [-0.39, 0.29) is 0 Å². The van der Waals surface area contributed by atoms with Crippen molar-refractivity contribution in [3.05, 3.63) is 41.6 Å². The summed E-state index contributed by atoms with van der Waals surface area (Å²) in [6, 6.07) is 11.6. The standard InChI is InChI=1S/C11H7BrN2/c12-6-9-4-5-10-8(7-13)2-1-3-11(10)14-9/h1-5H,6H2. The molecule has 1 heterocycles. The molecule has 2 aromatic rings. The van der Waals surface area contributed by atoms with E-state index >= 15 is 0 Å². The molecule has 68 valence electrons. The summed E-state index contributed by atoms with van der Waals surface area (Å²) in [5.74, 6) is 0. The highest BCUT2D eigenvalue weighted by Gasteiger charge is 2.01. The molecule has 0 saturated heterocycles. The predicted molar refractivity (Wildman–Crippen MR) is 59.1 cm³/mol. The molecule has 0 aliphatic heterocycles. The second-order valence-electron chi connectivity index (χ2n) is 2.92. The first-order chi connectivity index (χ1) is 6.85. The van der Waals surface area contributed by atoms with Gasteiger partial charge in [-0.05, 0) is 24.3 Å². The Morgan fingerprint density at radius 1 is 1.29 bits per heavy atom. The van der Waals surface area contributed by atoms with Crippen molar-refractivity contribution < 1.29 is 0 Å². The van der Waals surface area contributed by atoms with Gasteiger partial charge in [0.05, 0.1) is 22.8 Å². The average Bonchev–Trinajstić information content (AvgIpc) is 2.27. The fourth-order valence-corrected chi connectivity index (χ4v) is 1.68. The molecule has 0 N–H and O–H groups in total. The van der Waals surface area contributed by atoms with Crippen LogP contribution in [0, 0.1) is 11.3 Å². The molecule has 3 heteroatoms. The molecular weight excluding hydrogens is 240 g/mol. The molecule has 0 aliphatic carbocycles. The fourth-order valence-electron chi connectivity index (χ4n) is 1.37. The third-order valence-corrected chi connectivity index (χ3v) is 2.62. The Hall–Kier alpha value is -1.40.